The van der Waals surface area contributed by atoms with Crippen LogP contribution in [0, 0.1) is 23.7 Å². The molecule has 0 aliphatic heterocycles. The maximum atomic E-state index is 13.1. The summed E-state index contributed by atoms with van der Waals surface area (Å²) in [5, 5.41) is 10.6. The standard InChI is InChI=1S/C75H146O17P2/c1-9-68(8)54-46-38-30-24-25-33-42-50-58-75(80)92-71(62-86-73(78)56-48-40-34-26-29-37-45-53-67(6)7)64-90-94(83,84)88-60-69(76)59-87-93(81,82)89-63-70(61-85-72(77)55-47-39-31-22-18-15-14-17-21-28-36-44-52-66(4)5)91-74(79)57-49-41-32-23-19-13-11-10-12-16-20-27-35-43-51-65(2)3/h65-71,76H,9-64H2,1-8H3,(H,81,82)(H,83,84)/t68?,69?,70-,71-/m1/s1. The lowest BCUT2D eigenvalue weighted by molar-refractivity contribution is -0.161. The van der Waals surface area contributed by atoms with Crippen molar-refractivity contribution in [3.8, 4) is 0 Å². The molecule has 94 heavy (non-hydrogen) atoms. The molecule has 0 saturated carbocycles. The van der Waals surface area contributed by atoms with Crippen molar-refractivity contribution in [2.45, 2.75) is 395 Å². The zero-order chi connectivity index (χ0) is 69.6. The van der Waals surface area contributed by atoms with Crippen molar-refractivity contribution in [2.75, 3.05) is 39.6 Å². The van der Waals surface area contributed by atoms with Gasteiger partial charge in [-0.2, -0.15) is 0 Å². The van der Waals surface area contributed by atoms with Crippen LogP contribution in [0.15, 0.2) is 0 Å². The molecule has 0 aromatic heterocycles. The molecule has 0 aliphatic rings. The molecule has 558 valence electrons. The molecule has 4 unspecified atom stereocenters. The minimum atomic E-state index is -4.96. The summed E-state index contributed by atoms with van der Waals surface area (Å²) in [7, 11) is -9.91. The molecule has 0 rings (SSSR count). The Hall–Kier alpha value is -1.94. The Kier molecular flexibility index (Phi) is 63.1. The second kappa shape index (κ2) is 64.4. The molecule has 0 radical (unpaired) electrons. The molecular weight excluding hydrogens is 1230 g/mol. The molecule has 0 aromatic carbocycles. The lowest BCUT2D eigenvalue weighted by Crippen LogP contribution is -2.30. The Balaban J connectivity index is 5.26. The van der Waals surface area contributed by atoms with E-state index in [1.165, 1.54) is 173 Å². The second-order valence-corrected chi connectivity index (χ2v) is 31.6. The van der Waals surface area contributed by atoms with Crippen molar-refractivity contribution in [1.82, 2.24) is 0 Å². The lowest BCUT2D eigenvalue weighted by Gasteiger charge is -2.21. The van der Waals surface area contributed by atoms with Crippen molar-refractivity contribution in [1.29, 1.82) is 0 Å². The van der Waals surface area contributed by atoms with Crippen LogP contribution in [0.25, 0.3) is 0 Å². The maximum Gasteiger partial charge on any atom is 0.472 e. The van der Waals surface area contributed by atoms with E-state index < -0.39 is 97.5 Å². The largest absolute Gasteiger partial charge is 0.472 e. The van der Waals surface area contributed by atoms with Crippen LogP contribution in [0.1, 0.15) is 376 Å². The number of esters is 4. The predicted octanol–water partition coefficient (Wildman–Crippen LogP) is 21.7. The molecular formula is C75H146O17P2. The van der Waals surface area contributed by atoms with Gasteiger partial charge in [0.25, 0.3) is 0 Å². The van der Waals surface area contributed by atoms with Crippen LogP contribution in [-0.2, 0) is 65.4 Å². The van der Waals surface area contributed by atoms with Gasteiger partial charge in [0.05, 0.1) is 26.4 Å². The van der Waals surface area contributed by atoms with Crippen molar-refractivity contribution < 1.29 is 80.2 Å². The number of phosphoric acid groups is 2. The van der Waals surface area contributed by atoms with Gasteiger partial charge in [0.2, 0.25) is 0 Å². The minimum absolute atomic E-state index is 0.104. The molecule has 0 bridgehead atoms. The van der Waals surface area contributed by atoms with E-state index in [1.807, 2.05) is 0 Å². The van der Waals surface area contributed by atoms with E-state index in [0.717, 1.165) is 114 Å². The van der Waals surface area contributed by atoms with E-state index in [-0.39, 0.29) is 25.7 Å². The highest BCUT2D eigenvalue weighted by Crippen LogP contribution is 2.45. The SMILES string of the molecule is CCC(C)CCCCCCCCCCC(=O)O[C@H](COC(=O)CCCCCCCCCC(C)C)COP(=O)(O)OCC(O)COP(=O)(O)OC[C@@H](COC(=O)CCCCCCCCCCCCCCC(C)C)OC(=O)CCCCCCCCCCCCCCCCC(C)C. The monoisotopic (exact) mass is 1380 g/mol. The number of aliphatic hydroxyl groups excluding tert-OH is 1. The number of aliphatic hydroxyl groups is 1. The summed E-state index contributed by atoms with van der Waals surface area (Å²) in [6.07, 6.45) is 48.6. The summed E-state index contributed by atoms with van der Waals surface area (Å²) in [5.74, 6) is 0.928. The molecule has 0 aromatic rings. The molecule has 6 atom stereocenters. The van der Waals surface area contributed by atoms with Crippen molar-refractivity contribution in [3.05, 3.63) is 0 Å². The highest BCUT2D eigenvalue weighted by Gasteiger charge is 2.30. The Morgan fingerprint density at radius 2 is 0.511 bits per heavy atom. The van der Waals surface area contributed by atoms with Crippen molar-refractivity contribution in [3.63, 3.8) is 0 Å². The molecule has 17 nitrogen and oxygen atoms in total. The fraction of sp³-hybridized carbons (Fsp3) is 0.947. The van der Waals surface area contributed by atoms with E-state index in [1.54, 1.807) is 0 Å². The Bertz CT molecular complexity index is 1850. The predicted molar refractivity (Wildman–Crippen MR) is 381 cm³/mol. The van der Waals surface area contributed by atoms with Crippen LogP contribution < -0.4 is 0 Å². The number of carbonyl (C=O) groups is 4. The van der Waals surface area contributed by atoms with Crippen LogP contribution in [0.4, 0.5) is 0 Å². The minimum Gasteiger partial charge on any atom is -0.462 e. The first-order valence-corrected chi connectivity index (χ1v) is 41.7. The molecule has 0 amide bonds. The van der Waals surface area contributed by atoms with Gasteiger partial charge in [-0.3, -0.25) is 37.3 Å². The Labute approximate surface area is 575 Å². The third-order valence-electron chi connectivity index (χ3n) is 17.7. The maximum absolute atomic E-state index is 13.1. The van der Waals surface area contributed by atoms with Gasteiger partial charge in [0, 0.05) is 25.7 Å². The Morgan fingerprint density at radius 1 is 0.298 bits per heavy atom. The molecule has 0 spiro atoms. The molecule has 0 saturated heterocycles. The summed E-state index contributed by atoms with van der Waals surface area (Å²) in [6, 6.07) is 0. The highest BCUT2D eigenvalue weighted by atomic mass is 31.2. The third kappa shape index (κ3) is 67.3. The average Bonchev–Trinajstić information content (AvgIpc) is 1.41. The third-order valence-corrected chi connectivity index (χ3v) is 19.6. The van der Waals surface area contributed by atoms with Crippen LogP contribution in [0.3, 0.4) is 0 Å². The van der Waals surface area contributed by atoms with Crippen LogP contribution in [-0.4, -0.2) is 96.7 Å². The van der Waals surface area contributed by atoms with Gasteiger partial charge in [-0.15, -0.1) is 0 Å². The number of carbonyl (C=O) groups excluding carboxylic acids is 4. The van der Waals surface area contributed by atoms with E-state index in [0.29, 0.717) is 31.6 Å². The molecule has 0 aliphatic carbocycles. The number of hydrogen-bond donors (Lipinski definition) is 3. The number of ether oxygens (including phenoxy) is 4. The topological polar surface area (TPSA) is 237 Å². The van der Waals surface area contributed by atoms with E-state index in [2.05, 4.69) is 55.4 Å². The first-order valence-electron chi connectivity index (χ1n) is 38.7. The van der Waals surface area contributed by atoms with Gasteiger partial charge in [0.1, 0.15) is 19.3 Å². The average molecular weight is 1380 g/mol. The number of phosphoric ester groups is 2. The quantitative estimate of drug-likeness (QED) is 0.0222. The molecule has 0 heterocycles. The molecule has 3 N–H and O–H groups in total. The van der Waals surface area contributed by atoms with E-state index in [4.69, 9.17) is 37.0 Å². The summed E-state index contributed by atoms with van der Waals surface area (Å²) >= 11 is 0. The zero-order valence-electron chi connectivity index (χ0n) is 61.6. The second-order valence-electron chi connectivity index (χ2n) is 28.7. The van der Waals surface area contributed by atoms with Gasteiger partial charge in [-0.05, 0) is 49.4 Å². The van der Waals surface area contributed by atoms with Gasteiger partial charge in [0.15, 0.2) is 12.2 Å². The number of hydrogen-bond acceptors (Lipinski definition) is 15. The van der Waals surface area contributed by atoms with Crippen LogP contribution >= 0.6 is 15.6 Å². The fourth-order valence-electron chi connectivity index (χ4n) is 11.3. The zero-order valence-corrected chi connectivity index (χ0v) is 63.4. The first-order chi connectivity index (χ1) is 45.1. The fourth-order valence-corrected chi connectivity index (χ4v) is 12.9. The van der Waals surface area contributed by atoms with E-state index >= 15 is 0 Å². The van der Waals surface area contributed by atoms with Crippen molar-refractivity contribution >= 4 is 39.5 Å². The normalized spacial score (nSPS) is 14.4. The van der Waals surface area contributed by atoms with Crippen LogP contribution in [0.2, 0.25) is 0 Å². The van der Waals surface area contributed by atoms with Gasteiger partial charge in [-0.25, -0.2) is 9.13 Å². The first kappa shape index (κ1) is 92.1. The molecule has 0 fully saturated rings. The van der Waals surface area contributed by atoms with E-state index in [9.17, 15) is 43.2 Å². The van der Waals surface area contributed by atoms with Crippen LogP contribution in [0.5, 0.6) is 0 Å². The summed E-state index contributed by atoms with van der Waals surface area (Å²) in [5.41, 5.74) is 0. The summed E-state index contributed by atoms with van der Waals surface area (Å²) < 4.78 is 68.5. The summed E-state index contributed by atoms with van der Waals surface area (Å²) in [6.45, 7) is 14.2. The van der Waals surface area contributed by atoms with Gasteiger partial charge in [-0.1, -0.05) is 325 Å². The highest BCUT2D eigenvalue weighted by molar-refractivity contribution is 7.47. The van der Waals surface area contributed by atoms with Crippen molar-refractivity contribution in [2.24, 2.45) is 23.7 Å². The number of unbranched alkanes of at least 4 members (excludes halogenated alkanes) is 37. The number of rotatable bonds is 72. The van der Waals surface area contributed by atoms with Gasteiger partial charge >= 0.3 is 39.5 Å². The lowest BCUT2D eigenvalue weighted by atomic mass is 9.99. The summed E-state index contributed by atoms with van der Waals surface area (Å²) in [4.78, 5) is 72.8. The molecule has 19 heteroatoms. The van der Waals surface area contributed by atoms with Gasteiger partial charge < -0.3 is 33.8 Å². The smallest absolute Gasteiger partial charge is 0.462 e. The Morgan fingerprint density at radius 3 is 0.755 bits per heavy atom.